The van der Waals surface area contributed by atoms with Crippen LogP contribution < -0.4 is 10.6 Å². The van der Waals surface area contributed by atoms with Gasteiger partial charge in [-0.25, -0.2) is 0 Å². The van der Waals surface area contributed by atoms with Gasteiger partial charge in [-0.1, -0.05) is 25.1 Å². The van der Waals surface area contributed by atoms with E-state index in [4.69, 9.17) is 0 Å². The van der Waals surface area contributed by atoms with Gasteiger partial charge < -0.3 is 10.6 Å². The largest absolute Gasteiger partial charge is 0.350 e. The average Bonchev–Trinajstić information content (AvgIpc) is 3.04. The number of amides is 1. The number of para-hydroxylation sites is 1. The van der Waals surface area contributed by atoms with Crippen LogP contribution in [0.4, 0.5) is 0 Å². The standard InChI is InChI=1S/C16H21N5O/c1-16(8-5-9-17-11-16)12-18-15(22)14-10-19-21(20-14)13-6-3-2-4-7-13/h2-4,6-7,10,17H,5,8-9,11-12H2,1H3,(H,18,22). The number of benzene rings is 1. The van der Waals surface area contributed by atoms with Crippen molar-refractivity contribution >= 4 is 5.91 Å². The summed E-state index contributed by atoms with van der Waals surface area (Å²) in [5.74, 6) is -0.172. The maximum Gasteiger partial charge on any atom is 0.273 e. The van der Waals surface area contributed by atoms with E-state index in [-0.39, 0.29) is 11.3 Å². The van der Waals surface area contributed by atoms with E-state index in [0.717, 1.165) is 31.6 Å². The van der Waals surface area contributed by atoms with E-state index >= 15 is 0 Å². The van der Waals surface area contributed by atoms with Crippen molar-refractivity contribution < 1.29 is 4.79 Å². The van der Waals surface area contributed by atoms with Crippen LogP contribution in [0.2, 0.25) is 0 Å². The summed E-state index contributed by atoms with van der Waals surface area (Å²) in [6, 6.07) is 9.55. The molecule has 0 spiro atoms. The zero-order valence-corrected chi connectivity index (χ0v) is 12.7. The number of piperidine rings is 1. The number of nitrogens with one attached hydrogen (secondary N) is 2. The summed E-state index contributed by atoms with van der Waals surface area (Å²) in [5.41, 5.74) is 1.30. The third-order valence-corrected chi connectivity index (χ3v) is 4.07. The Morgan fingerprint density at radius 1 is 1.41 bits per heavy atom. The van der Waals surface area contributed by atoms with Crippen LogP contribution in [0.25, 0.3) is 5.69 Å². The predicted molar refractivity (Wildman–Crippen MR) is 83.9 cm³/mol. The fourth-order valence-corrected chi connectivity index (χ4v) is 2.71. The smallest absolute Gasteiger partial charge is 0.273 e. The summed E-state index contributed by atoms with van der Waals surface area (Å²) in [4.78, 5) is 13.7. The van der Waals surface area contributed by atoms with E-state index in [1.54, 1.807) is 0 Å². The minimum atomic E-state index is -0.172. The number of carbonyl (C=O) groups excluding carboxylic acids is 1. The maximum atomic E-state index is 12.2. The lowest BCUT2D eigenvalue weighted by Crippen LogP contribution is -2.45. The van der Waals surface area contributed by atoms with Gasteiger partial charge in [-0.2, -0.15) is 9.90 Å². The summed E-state index contributed by atoms with van der Waals surface area (Å²) in [6.45, 7) is 4.84. The molecule has 0 radical (unpaired) electrons. The van der Waals surface area contributed by atoms with E-state index in [9.17, 15) is 4.79 Å². The molecule has 0 bridgehead atoms. The molecule has 1 unspecified atom stereocenters. The number of hydrogen-bond acceptors (Lipinski definition) is 4. The normalized spacial score (nSPS) is 21.5. The van der Waals surface area contributed by atoms with Crippen LogP contribution in [0.15, 0.2) is 36.5 Å². The average molecular weight is 299 g/mol. The Morgan fingerprint density at radius 3 is 2.95 bits per heavy atom. The molecule has 116 valence electrons. The molecule has 1 atom stereocenters. The second-order valence-corrected chi connectivity index (χ2v) is 6.13. The van der Waals surface area contributed by atoms with Gasteiger partial charge in [0.15, 0.2) is 5.69 Å². The molecule has 3 rings (SSSR count). The first-order valence-corrected chi connectivity index (χ1v) is 7.63. The van der Waals surface area contributed by atoms with E-state index in [0.29, 0.717) is 12.2 Å². The van der Waals surface area contributed by atoms with Crippen molar-refractivity contribution in [1.29, 1.82) is 0 Å². The first kappa shape index (κ1) is 14.7. The van der Waals surface area contributed by atoms with Crippen molar-refractivity contribution in [1.82, 2.24) is 25.6 Å². The zero-order chi connectivity index (χ0) is 15.4. The molecule has 2 aromatic rings. The molecular weight excluding hydrogens is 278 g/mol. The van der Waals surface area contributed by atoms with Crippen LogP contribution in [0.3, 0.4) is 0 Å². The quantitative estimate of drug-likeness (QED) is 0.895. The van der Waals surface area contributed by atoms with Gasteiger partial charge in [0, 0.05) is 13.1 Å². The van der Waals surface area contributed by atoms with Crippen molar-refractivity contribution in [2.24, 2.45) is 5.41 Å². The monoisotopic (exact) mass is 299 g/mol. The molecule has 6 nitrogen and oxygen atoms in total. The van der Waals surface area contributed by atoms with Gasteiger partial charge in [0.25, 0.3) is 5.91 Å². The maximum absolute atomic E-state index is 12.2. The van der Waals surface area contributed by atoms with Gasteiger partial charge in [0.05, 0.1) is 11.9 Å². The molecule has 1 aromatic heterocycles. The van der Waals surface area contributed by atoms with Crippen LogP contribution >= 0.6 is 0 Å². The third kappa shape index (κ3) is 3.33. The van der Waals surface area contributed by atoms with E-state index in [2.05, 4.69) is 27.8 Å². The van der Waals surface area contributed by atoms with Gasteiger partial charge in [-0.15, -0.1) is 5.10 Å². The predicted octanol–water partition coefficient (Wildman–Crippen LogP) is 1.39. The second kappa shape index (κ2) is 6.27. The van der Waals surface area contributed by atoms with Crippen molar-refractivity contribution in [2.45, 2.75) is 19.8 Å². The summed E-state index contributed by atoms with van der Waals surface area (Å²) in [6.07, 6.45) is 3.78. The Kier molecular flexibility index (Phi) is 4.20. The fraction of sp³-hybridized carbons (Fsp3) is 0.438. The first-order valence-electron chi connectivity index (χ1n) is 7.63. The summed E-state index contributed by atoms with van der Waals surface area (Å²) in [5, 5.41) is 14.8. The van der Waals surface area contributed by atoms with Crippen molar-refractivity contribution in [3.8, 4) is 5.69 Å². The Labute approximate surface area is 129 Å². The van der Waals surface area contributed by atoms with Gasteiger partial charge in [-0.3, -0.25) is 4.79 Å². The highest BCUT2D eigenvalue weighted by molar-refractivity contribution is 5.91. The van der Waals surface area contributed by atoms with E-state index in [1.165, 1.54) is 11.0 Å². The van der Waals surface area contributed by atoms with E-state index < -0.39 is 0 Å². The van der Waals surface area contributed by atoms with Crippen LogP contribution in [-0.4, -0.2) is 40.5 Å². The molecule has 1 fully saturated rings. The molecule has 1 amide bonds. The van der Waals surface area contributed by atoms with Crippen molar-refractivity contribution in [3.63, 3.8) is 0 Å². The molecule has 1 saturated heterocycles. The molecule has 22 heavy (non-hydrogen) atoms. The molecular formula is C16H21N5O. The number of aromatic nitrogens is 3. The van der Waals surface area contributed by atoms with Crippen LogP contribution in [0.1, 0.15) is 30.3 Å². The van der Waals surface area contributed by atoms with E-state index in [1.807, 2.05) is 30.3 Å². The third-order valence-electron chi connectivity index (χ3n) is 4.07. The molecule has 1 aliphatic heterocycles. The minimum Gasteiger partial charge on any atom is -0.350 e. The molecule has 1 aliphatic rings. The van der Waals surface area contributed by atoms with Gasteiger partial charge in [0.2, 0.25) is 0 Å². The Morgan fingerprint density at radius 2 is 2.23 bits per heavy atom. The Bertz CT molecular complexity index is 631. The number of carbonyl (C=O) groups is 1. The van der Waals surface area contributed by atoms with Crippen molar-refractivity contribution in [2.75, 3.05) is 19.6 Å². The Balaban J connectivity index is 1.62. The number of hydrogen-bond donors (Lipinski definition) is 2. The topological polar surface area (TPSA) is 71.8 Å². The lowest BCUT2D eigenvalue weighted by atomic mass is 9.83. The molecule has 0 saturated carbocycles. The van der Waals surface area contributed by atoms with Gasteiger partial charge >= 0.3 is 0 Å². The fourth-order valence-electron chi connectivity index (χ4n) is 2.71. The molecule has 2 heterocycles. The zero-order valence-electron chi connectivity index (χ0n) is 12.7. The number of rotatable bonds is 4. The molecule has 2 N–H and O–H groups in total. The lowest BCUT2D eigenvalue weighted by molar-refractivity contribution is 0.0919. The summed E-state index contributed by atoms with van der Waals surface area (Å²) in [7, 11) is 0. The summed E-state index contributed by atoms with van der Waals surface area (Å²) < 4.78 is 0. The molecule has 0 aliphatic carbocycles. The van der Waals surface area contributed by atoms with Crippen LogP contribution in [-0.2, 0) is 0 Å². The molecule has 1 aromatic carbocycles. The highest BCUT2D eigenvalue weighted by Gasteiger charge is 2.27. The molecule has 6 heteroatoms. The summed E-state index contributed by atoms with van der Waals surface area (Å²) >= 11 is 0. The Hall–Kier alpha value is -2.21. The van der Waals surface area contributed by atoms with Gasteiger partial charge in [-0.05, 0) is 36.9 Å². The highest BCUT2D eigenvalue weighted by atomic mass is 16.2. The van der Waals surface area contributed by atoms with Crippen molar-refractivity contribution in [3.05, 3.63) is 42.2 Å². The SMILES string of the molecule is CC1(CNC(=O)c2cnn(-c3ccccc3)n2)CCCNC1. The highest BCUT2D eigenvalue weighted by Crippen LogP contribution is 2.24. The lowest BCUT2D eigenvalue weighted by Gasteiger charge is -2.34. The van der Waals surface area contributed by atoms with Crippen LogP contribution in [0, 0.1) is 5.41 Å². The second-order valence-electron chi connectivity index (χ2n) is 6.13. The first-order chi connectivity index (χ1) is 10.7. The van der Waals surface area contributed by atoms with Crippen LogP contribution in [0.5, 0.6) is 0 Å². The minimum absolute atomic E-state index is 0.114. The number of nitrogens with zero attached hydrogens (tertiary/aromatic N) is 3. The van der Waals surface area contributed by atoms with Gasteiger partial charge in [0.1, 0.15) is 0 Å².